The molecule has 0 aromatic carbocycles. The molecule has 3 N–H and O–H groups in total. The van der Waals surface area contributed by atoms with Gasteiger partial charge in [-0.05, 0) is 43.1 Å². The highest BCUT2D eigenvalue weighted by molar-refractivity contribution is 5.79. The van der Waals surface area contributed by atoms with Gasteiger partial charge in [-0.3, -0.25) is 4.79 Å². The Morgan fingerprint density at radius 2 is 1.89 bits per heavy atom. The van der Waals surface area contributed by atoms with Gasteiger partial charge in [-0.2, -0.15) is 0 Å². The largest absolute Gasteiger partial charge is 0.355 e. The first-order valence-electron chi connectivity index (χ1n) is 7.47. The highest BCUT2D eigenvalue weighted by Crippen LogP contribution is 2.43. The zero-order valence-corrected chi connectivity index (χ0v) is 11.9. The van der Waals surface area contributed by atoms with Crippen LogP contribution in [0, 0.1) is 16.7 Å². The zero-order valence-electron chi connectivity index (χ0n) is 11.9. The fraction of sp³-hybridized carbons (Fsp3) is 0.933. The van der Waals surface area contributed by atoms with Crippen LogP contribution in [0.1, 0.15) is 58.8 Å². The second-order valence-electron chi connectivity index (χ2n) is 7.06. The molecule has 0 bridgehead atoms. The van der Waals surface area contributed by atoms with Crippen molar-refractivity contribution >= 4 is 5.91 Å². The Kier molecular flexibility index (Phi) is 4.00. The van der Waals surface area contributed by atoms with Crippen LogP contribution in [-0.4, -0.2) is 19.0 Å². The lowest BCUT2D eigenvalue weighted by atomic mass is 9.80. The monoisotopic (exact) mass is 252 g/mol. The molecule has 0 saturated heterocycles. The average molecular weight is 252 g/mol. The van der Waals surface area contributed by atoms with Gasteiger partial charge in [0.05, 0.1) is 0 Å². The molecule has 0 aromatic rings. The van der Waals surface area contributed by atoms with Crippen LogP contribution >= 0.6 is 0 Å². The van der Waals surface area contributed by atoms with E-state index in [4.69, 9.17) is 5.73 Å². The van der Waals surface area contributed by atoms with Gasteiger partial charge in [-0.1, -0.05) is 33.1 Å². The second-order valence-corrected chi connectivity index (χ2v) is 7.06. The lowest BCUT2D eigenvalue weighted by Gasteiger charge is -2.30. The van der Waals surface area contributed by atoms with Gasteiger partial charge in [0.25, 0.3) is 0 Å². The summed E-state index contributed by atoms with van der Waals surface area (Å²) >= 11 is 0. The van der Waals surface area contributed by atoms with Crippen molar-refractivity contribution < 1.29 is 4.79 Å². The molecule has 0 radical (unpaired) electrons. The first-order chi connectivity index (χ1) is 8.49. The summed E-state index contributed by atoms with van der Waals surface area (Å²) in [5.41, 5.74) is 6.28. The molecule has 2 fully saturated rings. The third kappa shape index (κ3) is 2.71. The van der Waals surface area contributed by atoms with Crippen molar-refractivity contribution in [3.63, 3.8) is 0 Å². The number of carbonyl (C=O) groups excluding carboxylic acids is 1. The number of hydrogen-bond acceptors (Lipinski definition) is 2. The Hall–Kier alpha value is -0.570. The Balaban J connectivity index is 1.88. The van der Waals surface area contributed by atoms with E-state index < -0.39 is 0 Å². The Bertz CT molecular complexity index is 306. The summed E-state index contributed by atoms with van der Waals surface area (Å²) in [6.45, 7) is 5.94. The minimum absolute atomic E-state index is 0.176. The van der Waals surface area contributed by atoms with Crippen molar-refractivity contribution in [3.8, 4) is 0 Å². The van der Waals surface area contributed by atoms with E-state index in [2.05, 4.69) is 19.2 Å². The van der Waals surface area contributed by atoms with E-state index in [1.54, 1.807) is 0 Å². The molecule has 0 spiro atoms. The van der Waals surface area contributed by atoms with Crippen molar-refractivity contribution in [2.45, 2.75) is 58.8 Å². The molecule has 18 heavy (non-hydrogen) atoms. The molecule has 2 saturated carbocycles. The van der Waals surface area contributed by atoms with Crippen molar-refractivity contribution in [1.29, 1.82) is 0 Å². The van der Waals surface area contributed by atoms with Gasteiger partial charge in [-0.25, -0.2) is 0 Å². The van der Waals surface area contributed by atoms with Crippen LogP contribution < -0.4 is 11.1 Å². The number of hydrogen-bond donors (Lipinski definition) is 2. The predicted octanol–water partition coefficient (Wildman–Crippen LogP) is 2.45. The summed E-state index contributed by atoms with van der Waals surface area (Å²) in [6, 6.07) is 0. The molecule has 1 unspecified atom stereocenters. The van der Waals surface area contributed by atoms with Crippen molar-refractivity contribution in [2.75, 3.05) is 13.1 Å². The summed E-state index contributed by atoms with van der Waals surface area (Å²) in [4.78, 5) is 12.3. The molecule has 1 amide bonds. The number of amides is 1. The number of carbonyl (C=O) groups is 1. The maximum absolute atomic E-state index is 12.3. The number of rotatable bonds is 4. The lowest BCUT2D eigenvalue weighted by Crippen LogP contribution is -2.44. The molecule has 2 rings (SSSR count). The molecule has 3 heteroatoms. The second kappa shape index (κ2) is 5.20. The molecule has 3 nitrogen and oxygen atoms in total. The fourth-order valence-corrected chi connectivity index (χ4v) is 3.79. The van der Waals surface area contributed by atoms with Crippen LogP contribution in [0.25, 0.3) is 0 Å². The van der Waals surface area contributed by atoms with Gasteiger partial charge in [0, 0.05) is 12.5 Å². The van der Waals surface area contributed by atoms with Crippen molar-refractivity contribution in [2.24, 2.45) is 22.5 Å². The van der Waals surface area contributed by atoms with Crippen LogP contribution in [0.5, 0.6) is 0 Å². The van der Waals surface area contributed by atoms with E-state index in [0.29, 0.717) is 6.54 Å². The van der Waals surface area contributed by atoms with Crippen molar-refractivity contribution in [3.05, 3.63) is 0 Å². The molecule has 104 valence electrons. The van der Waals surface area contributed by atoms with Gasteiger partial charge in [0.15, 0.2) is 0 Å². The van der Waals surface area contributed by atoms with Crippen LogP contribution in [0.15, 0.2) is 0 Å². The Morgan fingerprint density at radius 1 is 1.22 bits per heavy atom. The van der Waals surface area contributed by atoms with Crippen molar-refractivity contribution in [1.82, 2.24) is 5.32 Å². The molecule has 0 heterocycles. The third-order valence-electron chi connectivity index (χ3n) is 5.31. The lowest BCUT2D eigenvalue weighted by molar-refractivity contribution is -0.128. The maximum Gasteiger partial charge on any atom is 0.223 e. The van der Waals surface area contributed by atoms with Crippen LogP contribution in [0.2, 0.25) is 0 Å². The predicted molar refractivity (Wildman–Crippen MR) is 74.1 cm³/mol. The molecule has 1 atom stereocenters. The van der Waals surface area contributed by atoms with E-state index in [9.17, 15) is 4.79 Å². The minimum Gasteiger partial charge on any atom is -0.355 e. The summed E-state index contributed by atoms with van der Waals surface area (Å²) in [5, 5.41) is 3.19. The van der Waals surface area contributed by atoms with E-state index >= 15 is 0 Å². The first kappa shape index (κ1) is 13.9. The molecule has 0 aliphatic heterocycles. The normalized spacial score (nSPS) is 29.4. The van der Waals surface area contributed by atoms with Gasteiger partial charge >= 0.3 is 0 Å². The molecule has 2 aliphatic carbocycles. The first-order valence-corrected chi connectivity index (χ1v) is 7.47. The van der Waals surface area contributed by atoms with Gasteiger partial charge < -0.3 is 11.1 Å². The van der Waals surface area contributed by atoms with Gasteiger partial charge in [-0.15, -0.1) is 0 Å². The maximum atomic E-state index is 12.3. The topological polar surface area (TPSA) is 55.1 Å². The summed E-state index contributed by atoms with van der Waals surface area (Å²) in [7, 11) is 0. The minimum atomic E-state index is 0.176. The quantitative estimate of drug-likeness (QED) is 0.807. The summed E-state index contributed by atoms with van der Waals surface area (Å²) in [6.07, 6.45) is 8.30. The number of nitrogens with one attached hydrogen (secondary N) is 1. The van der Waals surface area contributed by atoms with E-state index in [-0.39, 0.29) is 22.7 Å². The summed E-state index contributed by atoms with van der Waals surface area (Å²) < 4.78 is 0. The van der Waals surface area contributed by atoms with Crippen LogP contribution in [0.4, 0.5) is 0 Å². The molecule has 2 aliphatic rings. The third-order valence-corrected chi connectivity index (χ3v) is 5.31. The van der Waals surface area contributed by atoms with E-state index in [1.165, 1.54) is 38.5 Å². The Labute approximate surface area is 111 Å². The highest BCUT2D eigenvalue weighted by atomic mass is 16.1. The molecular formula is C15H28N2O. The summed E-state index contributed by atoms with van der Waals surface area (Å²) in [5.74, 6) is 0.464. The smallest absolute Gasteiger partial charge is 0.223 e. The van der Waals surface area contributed by atoms with E-state index in [1.807, 2.05) is 0 Å². The fourth-order valence-electron chi connectivity index (χ4n) is 3.79. The zero-order chi connectivity index (χ0) is 13.2. The van der Waals surface area contributed by atoms with Gasteiger partial charge in [0.2, 0.25) is 5.91 Å². The molecule has 0 aromatic heterocycles. The highest BCUT2D eigenvalue weighted by Gasteiger charge is 2.40. The molecular weight excluding hydrogens is 224 g/mol. The van der Waals surface area contributed by atoms with Gasteiger partial charge in [0.1, 0.15) is 0 Å². The SMILES string of the molecule is CC1(C)CCCC1C(=O)NCC1(CN)CCCC1. The van der Waals surface area contributed by atoms with E-state index in [0.717, 1.165) is 13.0 Å². The van der Waals surface area contributed by atoms with Crippen LogP contribution in [0.3, 0.4) is 0 Å². The number of nitrogens with two attached hydrogens (primary N) is 1. The Morgan fingerprint density at radius 3 is 2.39 bits per heavy atom. The van der Waals surface area contributed by atoms with Crippen LogP contribution in [-0.2, 0) is 4.79 Å². The average Bonchev–Trinajstić information content (AvgIpc) is 2.93. The standard InChI is InChI=1S/C15H28N2O/c1-14(2)7-5-6-12(14)13(18)17-11-15(10-16)8-3-4-9-15/h12H,3-11,16H2,1-2H3,(H,17,18).